The summed E-state index contributed by atoms with van der Waals surface area (Å²) in [5, 5.41) is 6.03. The molecule has 0 spiro atoms. The first kappa shape index (κ1) is 22.2. The maximum absolute atomic E-state index is 12.4. The highest BCUT2D eigenvalue weighted by molar-refractivity contribution is 6.04. The van der Waals surface area contributed by atoms with Gasteiger partial charge >= 0.3 is 6.18 Å². The fourth-order valence-electron chi connectivity index (χ4n) is 2.72. The second-order valence-corrected chi connectivity index (χ2v) is 6.69. The molecule has 8 heteroatoms. The third-order valence-electron chi connectivity index (χ3n) is 4.27. The van der Waals surface area contributed by atoms with Gasteiger partial charge in [0.15, 0.2) is 0 Å². The Morgan fingerprint density at radius 3 is 1.94 bits per heavy atom. The molecule has 1 amide bonds. The predicted molar refractivity (Wildman–Crippen MR) is 113 cm³/mol. The van der Waals surface area contributed by atoms with Crippen molar-refractivity contribution in [2.75, 3.05) is 24.4 Å². The van der Waals surface area contributed by atoms with Gasteiger partial charge in [0.1, 0.15) is 12.4 Å². The van der Waals surface area contributed by atoms with Crippen molar-refractivity contribution in [2.24, 2.45) is 0 Å². The summed E-state index contributed by atoms with van der Waals surface area (Å²) in [5.41, 5.74) is 3.31. The number of ether oxygens (including phenoxy) is 2. The Bertz CT molecular complexity index is 987. The lowest BCUT2D eigenvalue weighted by molar-refractivity contribution is -0.176. The topological polar surface area (TPSA) is 59.6 Å². The number of nitrogens with one attached hydrogen (secondary N) is 2. The molecule has 0 unspecified atom stereocenters. The van der Waals surface area contributed by atoms with Crippen molar-refractivity contribution in [1.82, 2.24) is 0 Å². The summed E-state index contributed by atoms with van der Waals surface area (Å²) < 4.78 is 46.1. The number of hydrogen-bond acceptors (Lipinski definition) is 4. The third-order valence-corrected chi connectivity index (χ3v) is 4.27. The SMILES string of the molecule is COc1ccc(Nc2ccc(NC(=O)c3ccc(COCC(F)(F)F)cc3)cc2)cc1. The normalized spacial score (nSPS) is 11.1. The van der Waals surface area contributed by atoms with E-state index in [-0.39, 0.29) is 12.5 Å². The largest absolute Gasteiger partial charge is 0.497 e. The molecule has 0 aromatic heterocycles. The monoisotopic (exact) mass is 430 g/mol. The molecule has 3 aromatic carbocycles. The molecule has 0 saturated heterocycles. The summed E-state index contributed by atoms with van der Waals surface area (Å²) in [6.45, 7) is -1.48. The second-order valence-electron chi connectivity index (χ2n) is 6.69. The smallest absolute Gasteiger partial charge is 0.411 e. The number of amides is 1. The molecule has 0 aliphatic heterocycles. The molecule has 3 aromatic rings. The van der Waals surface area contributed by atoms with Crippen LogP contribution in [0, 0.1) is 0 Å². The van der Waals surface area contributed by atoms with Crippen LogP contribution in [0.15, 0.2) is 72.8 Å². The fourth-order valence-corrected chi connectivity index (χ4v) is 2.72. The van der Waals surface area contributed by atoms with Crippen LogP contribution >= 0.6 is 0 Å². The zero-order valence-electron chi connectivity index (χ0n) is 16.7. The number of alkyl halides is 3. The highest BCUT2D eigenvalue weighted by Crippen LogP contribution is 2.22. The van der Waals surface area contributed by atoms with Gasteiger partial charge in [0.05, 0.1) is 13.7 Å². The number of methoxy groups -OCH3 is 1. The molecule has 0 radical (unpaired) electrons. The summed E-state index contributed by atoms with van der Waals surface area (Å²) in [7, 11) is 1.61. The Hall–Kier alpha value is -3.52. The summed E-state index contributed by atoms with van der Waals surface area (Å²) >= 11 is 0. The molecule has 3 rings (SSSR count). The van der Waals surface area contributed by atoms with Crippen molar-refractivity contribution in [3.05, 3.63) is 83.9 Å². The minimum atomic E-state index is -4.36. The van der Waals surface area contributed by atoms with Crippen LogP contribution in [0.1, 0.15) is 15.9 Å². The quantitative estimate of drug-likeness (QED) is 0.476. The zero-order valence-corrected chi connectivity index (χ0v) is 16.7. The van der Waals surface area contributed by atoms with Crippen molar-refractivity contribution in [3.63, 3.8) is 0 Å². The van der Waals surface area contributed by atoms with Gasteiger partial charge in [-0.05, 0) is 66.2 Å². The van der Waals surface area contributed by atoms with Crippen molar-refractivity contribution < 1.29 is 27.4 Å². The van der Waals surface area contributed by atoms with Crippen LogP contribution in [-0.4, -0.2) is 25.8 Å². The molecule has 0 atom stereocenters. The molecule has 162 valence electrons. The lowest BCUT2D eigenvalue weighted by Crippen LogP contribution is -2.16. The average Bonchev–Trinajstić information content (AvgIpc) is 2.75. The Balaban J connectivity index is 1.52. The molecule has 0 heterocycles. The summed E-state index contributed by atoms with van der Waals surface area (Å²) in [6.07, 6.45) is -4.36. The molecule has 31 heavy (non-hydrogen) atoms. The maximum Gasteiger partial charge on any atom is 0.411 e. The molecule has 0 bridgehead atoms. The van der Waals surface area contributed by atoms with E-state index in [9.17, 15) is 18.0 Å². The van der Waals surface area contributed by atoms with E-state index in [1.54, 1.807) is 43.5 Å². The number of anilines is 3. The minimum Gasteiger partial charge on any atom is -0.497 e. The fraction of sp³-hybridized carbons (Fsp3) is 0.174. The van der Waals surface area contributed by atoms with E-state index in [4.69, 9.17) is 4.74 Å². The van der Waals surface area contributed by atoms with Crippen LogP contribution in [0.5, 0.6) is 5.75 Å². The molecule has 0 saturated carbocycles. The van der Waals surface area contributed by atoms with Crippen LogP contribution < -0.4 is 15.4 Å². The van der Waals surface area contributed by atoms with Gasteiger partial charge in [0, 0.05) is 22.6 Å². The van der Waals surface area contributed by atoms with Gasteiger partial charge in [-0.1, -0.05) is 12.1 Å². The van der Waals surface area contributed by atoms with Crippen molar-refractivity contribution in [1.29, 1.82) is 0 Å². The minimum absolute atomic E-state index is 0.177. The highest BCUT2D eigenvalue weighted by Gasteiger charge is 2.27. The van der Waals surface area contributed by atoms with Gasteiger partial charge in [-0.15, -0.1) is 0 Å². The molecular formula is C23H21F3N2O3. The van der Waals surface area contributed by atoms with E-state index in [0.717, 1.165) is 17.1 Å². The van der Waals surface area contributed by atoms with Gasteiger partial charge < -0.3 is 20.1 Å². The standard InChI is InChI=1S/C23H21F3N2O3/c1-30-21-12-10-19(11-13-21)27-18-6-8-20(9-7-18)28-22(29)17-4-2-16(3-5-17)14-31-15-23(24,25)26/h2-13,27H,14-15H2,1H3,(H,28,29). The molecular weight excluding hydrogens is 409 g/mol. The lowest BCUT2D eigenvalue weighted by Gasteiger charge is -2.10. The number of hydrogen-bond donors (Lipinski definition) is 2. The second kappa shape index (κ2) is 9.99. The van der Waals surface area contributed by atoms with Crippen LogP contribution in [0.2, 0.25) is 0 Å². The number of carbonyl (C=O) groups excluding carboxylic acids is 1. The Morgan fingerprint density at radius 2 is 1.39 bits per heavy atom. The van der Waals surface area contributed by atoms with Crippen LogP contribution in [-0.2, 0) is 11.3 Å². The first-order chi connectivity index (χ1) is 14.8. The number of benzene rings is 3. The van der Waals surface area contributed by atoms with Crippen molar-refractivity contribution in [2.45, 2.75) is 12.8 Å². The maximum atomic E-state index is 12.4. The average molecular weight is 430 g/mol. The first-order valence-corrected chi connectivity index (χ1v) is 9.38. The predicted octanol–water partition coefficient (Wildman–Crippen LogP) is 5.77. The summed E-state index contributed by atoms with van der Waals surface area (Å²) in [5.74, 6) is 0.448. The van der Waals surface area contributed by atoms with Gasteiger partial charge in [0.2, 0.25) is 0 Å². The van der Waals surface area contributed by atoms with E-state index in [2.05, 4.69) is 15.4 Å². The first-order valence-electron chi connectivity index (χ1n) is 9.38. The molecule has 2 N–H and O–H groups in total. The van der Waals surface area contributed by atoms with E-state index in [1.165, 1.54) is 0 Å². The van der Waals surface area contributed by atoms with Gasteiger partial charge in [-0.3, -0.25) is 4.79 Å². The van der Waals surface area contributed by atoms with Crippen LogP contribution in [0.3, 0.4) is 0 Å². The van der Waals surface area contributed by atoms with Crippen molar-refractivity contribution in [3.8, 4) is 5.75 Å². The van der Waals surface area contributed by atoms with Gasteiger partial charge in [0.25, 0.3) is 5.91 Å². The van der Waals surface area contributed by atoms with Crippen LogP contribution in [0.25, 0.3) is 0 Å². The van der Waals surface area contributed by atoms with E-state index < -0.39 is 12.8 Å². The van der Waals surface area contributed by atoms with E-state index >= 15 is 0 Å². The number of rotatable bonds is 8. The van der Waals surface area contributed by atoms with Crippen LogP contribution in [0.4, 0.5) is 30.2 Å². The van der Waals surface area contributed by atoms with E-state index in [1.807, 2.05) is 36.4 Å². The molecule has 5 nitrogen and oxygen atoms in total. The number of halogens is 3. The van der Waals surface area contributed by atoms with Crippen molar-refractivity contribution >= 4 is 23.0 Å². The summed E-state index contributed by atoms with van der Waals surface area (Å²) in [6, 6.07) is 20.9. The lowest BCUT2D eigenvalue weighted by atomic mass is 10.1. The highest BCUT2D eigenvalue weighted by atomic mass is 19.4. The Kier molecular flexibility index (Phi) is 7.15. The Labute approximate surface area is 177 Å². The van der Waals surface area contributed by atoms with Gasteiger partial charge in [-0.25, -0.2) is 0 Å². The number of carbonyl (C=O) groups is 1. The zero-order chi connectivity index (χ0) is 22.3. The third kappa shape index (κ3) is 7.04. The molecule has 0 aliphatic carbocycles. The molecule has 0 fully saturated rings. The molecule has 0 aliphatic rings. The summed E-state index contributed by atoms with van der Waals surface area (Å²) in [4.78, 5) is 12.4. The van der Waals surface area contributed by atoms with E-state index in [0.29, 0.717) is 16.8 Å². The Morgan fingerprint density at radius 1 is 0.839 bits per heavy atom. The van der Waals surface area contributed by atoms with Gasteiger partial charge in [-0.2, -0.15) is 13.2 Å².